The molecular weight excluding hydrogens is 360 g/mol. The molecular formula is C18H21BrClN2+. The quantitative estimate of drug-likeness (QED) is 0.825. The molecule has 116 valence electrons. The first kappa shape index (κ1) is 15.9. The summed E-state index contributed by atoms with van der Waals surface area (Å²) in [7, 11) is 0. The molecule has 0 unspecified atom stereocenters. The fourth-order valence-electron chi connectivity index (χ4n) is 3.04. The molecule has 22 heavy (non-hydrogen) atoms. The van der Waals surface area contributed by atoms with Gasteiger partial charge in [-0.1, -0.05) is 45.7 Å². The first-order valence-corrected chi connectivity index (χ1v) is 8.97. The Bertz CT molecular complexity index is 607. The first-order chi connectivity index (χ1) is 10.7. The minimum Gasteiger partial charge on any atom is -0.382 e. The van der Waals surface area contributed by atoms with E-state index in [2.05, 4.69) is 57.6 Å². The van der Waals surface area contributed by atoms with Gasteiger partial charge >= 0.3 is 0 Å². The van der Waals surface area contributed by atoms with Crippen LogP contribution in [0.3, 0.4) is 0 Å². The fraction of sp³-hybridized carbons (Fsp3) is 0.333. The van der Waals surface area contributed by atoms with Gasteiger partial charge < -0.3 is 10.2 Å². The lowest BCUT2D eigenvalue weighted by molar-refractivity contribution is -0.918. The lowest BCUT2D eigenvalue weighted by Gasteiger charge is -2.30. The Morgan fingerprint density at radius 1 is 1.05 bits per heavy atom. The van der Waals surface area contributed by atoms with Gasteiger partial charge in [-0.15, -0.1) is 0 Å². The minimum absolute atomic E-state index is 0.580. The zero-order valence-corrected chi connectivity index (χ0v) is 14.8. The van der Waals surface area contributed by atoms with Gasteiger partial charge in [0.05, 0.1) is 13.1 Å². The third kappa shape index (κ3) is 4.25. The summed E-state index contributed by atoms with van der Waals surface area (Å²) < 4.78 is 1.12. The monoisotopic (exact) mass is 379 g/mol. The maximum absolute atomic E-state index is 6.26. The van der Waals surface area contributed by atoms with E-state index in [9.17, 15) is 0 Å². The van der Waals surface area contributed by atoms with E-state index in [0.29, 0.717) is 6.04 Å². The average Bonchev–Trinajstić information content (AvgIpc) is 2.54. The van der Waals surface area contributed by atoms with Crippen molar-refractivity contribution in [2.75, 3.05) is 18.4 Å². The first-order valence-electron chi connectivity index (χ1n) is 7.80. The number of hydrogen-bond donors (Lipinski definition) is 2. The van der Waals surface area contributed by atoms with Crippen LogP contribution in [0.1, 0.15) is 18.4 Å². The molecule has 1 aliphatic heterocycles. The predicted octanol–water partition coefficient (Wildman–Crippen LogP) is 3.76. The minimum atomic E-state index is 0.580. The maximum atomic E-state index is 6.26. The zero-order valence-electron chi connectivity index (χ0n) is 12.5. The van der Waals surface area contributed by atoms with Crippen LogP contribution in [-0.2, 0) is 6.54 Å². The highest BCUT2D eigenvalue weighted by Crippen LogP contribution is 2.17. The number of rotatable bonds is 4. The normalized spacial score (nSPS) is 21.5. The molecule has 0 atom stereocenters. The van der Waals surface area contributed by atoms with Gasteiger partial charge in [-0.3, -0.25) is 0 Å². The molecule has 0 aliphatic carbocycles. The van der Waals surface area contributed by atoms with E-state index >= 15 is 0 Å². The molecule has 1 saturated heterocycles. The third-order valence-electron chi connectivity index (χ3n) is 4.31. The van der Waals surface area contributed by atoms with Crippen LogP contribution in [0.25, 0.3) is 0 Å². The van der Waals surface area contributed by atoms with Gasteiger partial charge in [0.15, 0.2) is 0 Å². The van der Waals surface area contributed by atoms with Gasteiger partial charge in [-0.05, 0) is 30.3 Å². The van der Waals surface area contributed by atoms with Crippen molar-refractivity contribution in [1.82, 2.24) is 0 Å². The highest BCUT2D eigenvalue weighted by atomic mass is 79.9. The molecule has 0 bridgehead atoms. The molecule has 1 heterocycles. The van der Waals surface area contributed by atoms with Gasteiger partial charge in [0.1, 0.15) is 6.54 Å². The molecule has 0 spiro atoms. The topological polar surface area (TPSA) is 16.5 Å². The summed E-state index contributed by atoms with van der Waals surface area (Å²) in [5.41, 5.74) is 2.47. The smallest absolute Gasteiger partial charge is 0.104 e. The van der Waals surface area contributed by atoms with E-state index in [1.807, 2.05) is 12.1 Å². The van der Waals surface area contributed by atoms with E-state index in [1.54, 1.807) is 4.90 Å². The standard InChI is InChI=1S/C18H20BrClN2/c19-15-5-7-16(8-6-15)21-17-9-11-22(12-10-17)13-14-3-1-2-4-18(14)20/h1-8,17,21H,9-13H2/p+1. The summed E-state index contributed by atoms with van der Waals surface area (Å²) in [6.45, 7) is 3.42. The van der Waals surface area contributed by atoms with Crippen molar-refractivity contribution < 1.29 is 4.90 Å². The molecule has 2 aromatic carbocycles. The molecule has 3 rings (SSSR count). The van der Waals surface area contributed by atoms with Crippen molar-refractivity contribution in [3.8, 4) is 0 Å². The summed E-state index contributed by atoms with van der Waals surface area (Å²) in [6, 6.07) is 17.2. The number of nitrogens with one attached hydrogen (secondary N) is 2. The van der Waals surface area contributed by atoms with Crippen molar-refractivity contribution >= 4 is 33.2 Å². The summed E-state index contributed by atoms with van der Waals surface area (Å²) >= 11 is 9.74. The number of anilines is 1. The molecule has 0 radical (unpaired) electrons. The van der Waals surface area contributed by atoms with E-state index < -0.39 is 0 Å². The molecule has 1 aliphatic rings. The number of hydrogen-bond acceptors (Lipinski definition) is 1. The molecule has 0 amide bonds. The van der Waals surface area contributed by atoms with Crippen LogP contribution >= 0.6 is 27.5 Å². The highest BCUT2D eigenvalue weighted by Gasteiger charge is 2.22. The van der Waals surface area contributed by atoms with Gasteiger partial charge in [-0.25, -0.2) is 0 Å². The Morgan fingerprint density at radius 3 is 2.41 bits per heavy atom. The molecule has 0 aromatic heterocycles. The highest BCUT2D eigenvalue weighted by molar-refractivity contribution is 9.10. The number of likely N-dealkylation sites (tertiary alicyclic amines) is 1. The lowest BCUT2D eigenvalue weighted by Crippen LogP contribution is -3.12. The molecule has 2 N–H and O–H groups in total. The second-order valence-corrected chi connectivity index (χ2v) is 7.27. The van der Waals surface area contributed by atoms with Gasteiger partial charge in [0.25, 0.3) is 0 Å². The van der Waals surface area contributed by atoms with E-state index in [-0.39, 0.29) is 0 Å². The number of quaternary nitrogens is 1. The van der Waals surface area contributed by atoms with Crippen molar-refractivity contribution in [2.24, 2.45) is 0 Å². The fourth-order valence-corrected chi connectivity index (χ4v) is 3.51. The largest absolute Gasteiger partial charge is 0.382 e. The molecule has 2 nitrogen and oxygen atoms in total. The van der Waals surface area contributed by atoms with Crippen molar-refractivity contribution in [3.63, 3.8) is 0 Å². The number of halogens is 2. The van der Waals surface area contributed by atoms with Crippen molar-refractivity contribution in [3.05, 3.63) is 63.6 Å². The second kappa shape index (κ2) is 7.49. The van der Waals surface area contributed by atoms with Crippen LogP contribution in [0.2, 0.25) is 5.02 Å². The summed E-state index contributed by atoms with van der Waals surface area (Å²) in [5.74, 6) is 0. The van der Waals surface area contributed by atoms with Crippen molar-refractivity contribution in [2.45, 2.75) is 25.4 Å². The lowest BCUT2D eigenvalue weighted by atomic mass is 10.0. The predicted molar refractivity (Wildman–Crippen MR) is 96.6 cm³/mol. The summed E-state index contributed by atoms with van der Waals surface area (Å²) in [5, 5.41) is 4.54. The summed E-state index contributed by atoms with van der Waals surface area (Å²) in [4.78, 5) is 1.63. The Morgan fingerprint density at radius 2 is 1.73 bits per heavy atom. The van der Waals surface area contributed by atoms with Gasteiger partial charge in [-0.2, -0.15) is 0 Å². The summed E-state index contributed by atoms with van der Waals surface area (Å²) in [6.07, 6.45) is 2.41. The third-order valence-corrected chi connectivity index (χ3v) is 5.20. The Hall–Kier alpha value is -1.03. The Labute approximate surface area is 145 Å². The van der Waals surface area contributed by atoms with E-state index in [4.69, 9.17) is 11.6 Å². The number of piperidine rings is 1. The van der Waals surface area contributed by atoms with Crippen LogP contribution in [-0.4, -0.2) is 19.1 Å². The molecule has 4 heteroatoms. The Kier molecular flexibility index (Phi) is 5.40. The van der Waals surface area contributed by atoms with Gasteiger partial charge in [0, 0.05) is 39.6 Å². The SMILES string of the molecule is Clc1ccccc1C[NH+]1CCC(Nc2ccc(Br)cc2)CC1. The zero-order chi connectivity index (χ0) is 15.4. The molecule has 1 fully saturated rings. The van der Waals surface area contributed by atoms with Crippen LogP contribution in [0.5, 0.6) is 0 Å². The molecule has 2 aromatic rings. The van der Waals surface area contributed by atoms with Crippen LogP contribution in [0.15, 0.2) is 53.0 Å². The molecule has 0 saturated carbocycles. The van der Waals surface area contributed by atoms with Crippen LogP contribution in [0.4, 0.5) is 5.69 Å². The average molecular weight is 381 g/mol. The second-order valence-electron chi connectivity index (χ2n) is 5.94. The van der Waals surface area contributed by atoms with E-state index in [1.165, 1.54) is 37.2 Å². The van der Waals surface area contributed by atoms with Gasteiger partial charge in [0.2, 0.25) is 0 Å². The number of benzene rings is 2. The van der Waals surface area contributed by atoms with Crippen LogP contribution in [0, 0.1) is 0 Å². The maximum Gasteiger partial charge on any atom is 0.104 e. The van der Waals surface area contributed by atoms with Crippen molar-refractivity contribution in [1.29, 1.82) is 0 Å². The van der Waals surface area contributed by atoms with Crippen LogP contribution < -0.4 is 10.2 Å². The van der Waals surface area contributed by atoms with E-state index in [0.717, 1.165) is 16.0 Å². The Balaban J connectivity index is 1.50.